The molecule has 0 unspecified atom stereocenters. The van der Waals surface area contributed by atoms with Gasteiger partial charge in [0.05, 0.1) is 17.1 Å². The number of benzene rings is 2. The zero-order chi connectivity index (χ0) is 23.0. The van der Waals surface area contributed by atoms with Gasteiger partial charge in [0.2, 0.25) is 0 Å². The summed E-state index contributed by atoms with van der Waals surface area (Å²) >= 11 is 0. The molecule has 0 bridgehead atoms. The van der Waals surface area contributed by atoms with Crippen LogP contribution in [0.3, 0.4) is 0 Å². The van der Waals surface area contributed by atoms with Crippen molar-refractivity contribution in [2.24, 2.45) is 5.92 Å². The minimum absolute atomic E-state index is 0.0766. The SMILES string of the molecule is CC/C(=C\c1ccc(O)c2ccccc12)CC[C@H]1OB(O)C[C@H]2C1=C(C(C)C)CS2(=O)=O. The molecule has 2 aliphatic heterocycles. The Balaban J connectivity index is 1.61. The predicted octanol–water partition coefficient (Wildman–Crippen LogP) is 4.75. The zero-order valence-corrected chi connectivity index (χ0v) is 19.7. The van der Waals surface area contributed by atoms with Crippen LogP contribution in [0.1, 0.15) is 45.6 Å². The number of phenols is 1. The molecule has 7 heteroatoms. The van der Waals surface area contributed by atoms with Crippen molar-refractivity contribution < 1.29 is 23.2 Å². The van der Waals surface area contributed by atoms with E-state index in [4.69, 9.17) is 4.65 Å². The van der Waals surface area contributed by atoms with Crippen LogP contribution in [0.15, 0.2) is 53.1 Å². The van der Waals surface area contributed by atoms with E-state index in [-0.39, 0.29) is 29.8 Å². The van der Waals surface area contributed by atoms with Crippen LogP contribution in [0.5, 0.6) is 5.75 Å². The Bertz CT molecular complexity index is 1180. The number of aromatic hydroxyl groups is 1. The Labute approximate surface area is 190 Å². The second-order valence-corrected chi connectivity index (χ2v) is 11.3. The maximum atomic E-state index is 12.7. The zero-order valence-electron chi connectivity index (χ0n) is 18.9. The van der Waals surface area contributed by atoms with Crippen molar-refractivity contribution in [3.63, 3.8) is 0 Å². The van der Waals surface area contributed by atoms with E-state index in [1.54, 1.807) is 6.07 Å². The Kier molecular flexibility index (Phi) is 6.52. The fraction of sp³-hybridized carbons (Fsp3) is 0.440. The Morgan fingerprint density at radius 1 is 1.22 bits per heavy atom. The summed E-state index contributed by atoms with van der Waals surface area (Å²) in [5, 5.41) is 21.6. The van der Waals surface area contributed by atoms with Gasteiger partial charge in [0.1, 0.15) is 5.75 Å². The van der Waals surface area contributed by atoms with Crippen molar-refractivity contribution >= 4 is 33.8 Å². The van der Waals surface area contributed by atoms with Gasteiger partial charge in [-0.2, -0.15) is 0 Å². The van der Waals surface area contributed by atoms with E-state index in [0.29, 0.717) is 6.42 Å². The second-order valence-electron chi connectivity index (χ2n) is 9.16. The second kappa shape index (κ2) is 9.04. The molecule has 1 fully saturated rings. The van der Waals surface area contributed by atoms with E-state index < -0.39 is 22.2 Å². The number of phenolic OH excluding ortho intramolecular Hbond substituents is 1. The summed E-state index contributed by atoms with van der Waals surface area (Å²) in [4.78, 5) is 0. The lowest BCUT2D eigenvalue weighted by molar-refractivity contribution is 0.169. The van der Waals surface area contributed by atoms with Crippen molar-refractivity contribution in [1.82, 2.24) is 0 Å². The highest BCUT2D eigenvalue weighted by molar-refractivity contribution is 7.92. The number of allylic oxidation sites excluding steroid dienone is 1. The third kappa shape index (κ3) is 4.38. The van der Waals surface area contributed by atoms with Gasteiger partial charge in [-0.3, -0.25) is 0 Å². The molecule has 2 N–H and O–H groups in total. The highest BCUT2D eigenvalue weighted by Crippen LogP contribution is 2.42. The van der Waals surface area contributed by atoms with Gasteiger partial charge >= 0.3 is 7.12 Å². The molecule has 0 radical (unpaired) electrons. The van der Waals surface area contributed by atoms with Crippen LogP contribution >= 0.6 is 0 Å². The number of fused-ring (bicyclic) bond motifs is 2. The maximum absolute atomic E-state index is 12.7. The molecule has 2 aromatic rings. The van der Waals surface area contributed by atoms with Gasteiger partial charge in [-0.05, 0) is 53.3 Å². The standard InChI is InChI=1S/C25H31BO5S/c1-4-17(13-18-10-11-22(27)20-8-6-5-7-19(18)20)9-12-23-25-21(16(2)3)15-32(29,30)24(25)14-26(28)31-23/h5-8,10-11,13,16,23-24,27-28H,4,9,12,14-15H2,1-3H3/b17-13+/t23-,24+/m1/s1. The normalized spacial score (nSPS) is 23.3. The molecule has 32 heavy (non-hydrogen) atoms. The van der Waals surface area contributed by atoms with Crippen molar-refractivity contribution in [2.75, 3.05) is 5.75 Å². The molecular weight excluding hydrogens is 423 g/mol. The van der Waals surface area contributed by atoms with Crippen molar-refractivity contribution in [1.29, 1.82) is 0 Å². The number of hydrogen-bond donors (Lipinski definition) is 2. The van der Waals surface area contributed by atoms with Crippen LogP contribution in [-0.2, 0) is 14.5 Å². The lowest BCUT2D eigenvalue weighted by Crippen LogP contribution is -2.42. The monoisotopic (exact) mass is 454 g/mol. The van der Waals surface area contributed by atoms with Gasteiger partial charge in [0.25, 0.3) is 0 Å². The molecule has 1 saturated heterocycles. The van der Waals surface area contributed by atoms with Crippen molar-refractivity contribution in [3.05, 3.63) is 58.7 Å². The average Bonchev–Trinajstić information content (AvgIpc) is 3.04. The summed E-state index contributed by atoms with van der Waals surface area (Å²) in [6.45, 7) is 6.15. The van der Waals surface area contributed by atoms with Crippen molar-refractivity contribution in [3.8, 4) is 5.75 Å². The first-order chi connectivity index (χ1) is 15.2. The number of sulfone groups is 1. The molecule has 170 valence electrons. The minimum atomic E-state index is -3.28. The summed E-state index contributed by atoms with van der Waals surface area (Å²) in [7, 11) is -4.33. The molecular formula is C25H31BO5S. The Morgan fingerprint density at radius 3 is 2.62 bits per heavy atom. The van der Waals surface area contributed by atoms with E-state index in [9.17, 15) is 18.5 Å². The molecule has 5 nitrogen and oxygen atoms in total. The summed E-state index contributed by atoms with van der Waals surface area (Å²) < 4.78 is 31.4. The Hall–Kier alpha value is -2.09. The van der Waals surface area contributed by atoms with Gasteiger partial charge in [0, 0.05) is 11.7 Å². The predicted molar refractivity (Wildman–Crippen MR) is 130 cm³/mol. The van der Waals surface area contributed by atoms with Gasteiger partial charge in [-0.15, -0.1) is 0 Å². The molecule has 0 saturated carbocycles. The maximum Gasteiger partial charge on any atom is 0.456 e. The molecule has 0 amide bonds. The smallest absolute Gasteiger partial charge is 0.456 e. The molecule has 0 aromatic heterocycles. The third-order valence-corrected chi connectivity index (χ3v) is 8.79. The first kappa shape index (κ1) is 23.1. The van der Waals surface area contributed by atoms with Crippen LogP contribution in [0.2, 0.25) is 6.32 Å². The van der Waals surface area contributed by atoms with E-state index in [1.807, 2.05) is 44.2 Å². The van der Waals surface area contributed by atoms with Crippen LogP contribution in [0.4, 0.5) is 0 Å². The minimum Gasteiger partial charge on any atom is -0.507 e. The quantitative estimate of drug-likeness (QED) is 0.486. The number of hydrogen-bond acceptors (Lipinski definition) is 5. The van der Waals surface area contributed by atoms with E-state index in [1.165, 1.54) is 5.57 Å². The molecule has 2 heterocycles. The molecule has 0 spiro atoms. The molecule has 2 atom stereocenters. The van der Waals surface area contributed by atoms with Crippen LogP contribution in [-0.4, -0.2) is 42.8 Å². The molecule has 4 rings (SSSR count). The van der Waals surface area contributed by atoms with Crippen molar-refractivity contribution in [2.45, 2.75) is 57.7 Å². The van der Waals surface area contributed by atoms with E-state index in [2.05, 4.69) is 13.0 Å². The summed E-state index contributed by atoms with van der Waals surface area (Å²) in [6, 6.07) is 11.4. The van der Waals surface area contributed by atoms with Gasteiger partial charge < -0.3 is 14.8 Å². The lowest BCUT2D eigenvalue weighted by Gasteiger charge is -2.32. The van der Waals surface area contributed by atoms with Crippen LogP contribution in [0, 0.1) is 5.92 Å². The highest BCUT2D eigenvalue weighted by atomic mass is 32.2. The average molecular weight is 454 g/mol. The third-order valence-electron chi connectivity index (χ3n) is 6.76. The topological polar surface area (TPSA) is 83.8 Å². The van der Waals surface area contributed by atoms with E-state index >= 15 is 0 Å². The van der Waals surface area contributed by atoms with Crippen LogP contribution < -0.4 is 0 Å². The summed E-state index contributed by atoms with van der Waals surface area (Å²) in [5.41, 5.74) is 4.10. The lowest BCUT2D eigenvalue weighted by atomic mass is 9.74. The number of rotatable bonds is 6. The van der Waals surface area contributed by atoms with Gasteiger partial charge in [-0.1, -0.05) is 62.8 Å². The fourth-order valence-electron chi connectivity index (χ4n) is 5.03. The Morgan fingerprint density at radius 2 is 1.94 bits per heavy atom. The summed E-state index contributed by atoms with van der Waals surface area (Å²) in [6.07, 6.45) is 4.12. The first-order valence-corrected chi connectivity index (χ1v) is 13.1. The fourth-order valence-corrected chi connectivity index (χ4v) is 7.32. The van der Waals surface area contributed by atoms with Gasteiger partial charge in [0.15, 0.2) is 9.84 Å². The molecule has 2 aliphatic rings. The largest absolute Gasteiger partial charge is 0.507 e. The highest BCUT2D eigenvalue weighted by Gasteiger charge is 2.48. The van der Waals surface area contributed by atoms with E-state index in [0.717, 1.165) is 40.3 Å². The molecule has 2 aromatic carbocycles. The van der Waals surface area contributed by atoms with Gasteiger partial charge in [-0.25, -0.2) is 8.42 Å². The summed E-state index contributed by atoms with van der Waals surface area (Å²) in [5.74, 6) is 0.477. The first-order valence-electron chi connectivity index (χ1n) is 11.4. The van der Waals surface area contributed by atoms with Crippen LogP contribution in [0.25, 0.3) is 16.8 Å². The molecule has 0 aliphatic carbocycles.